The van der Waals surface area contributed by atoms with Gasteiger partial charge >= 0.3 is 77.5 Å². The number of alkyl halides is 6. The van der Waals surface area contributed by atoms with E-state index in [1.807, 2.05) is 10.6 Å². The van der Waals surface area contributed by atoms with Crippen molar-refractivity contribution in [3.05, 3.63) is 155 Å². The van der Waals surface area contributed by atoms with Crippen LogP contribution in [0.25, 0.3) is 21.5 Å². The first-order chi connectivity index (χ1) is 38.8. The number of fused-ring (bicyclic) bond motifs is 2. The number of carbonyl (C=O) groups excluding carboxylic acids is 5. The Morgan fingerprint density at radius 1 is 0.407 bits per heavy atom. The minimum absolute atomic E-state index is 0. The van der Waals surface area contributed by atoms with Crippen molar-refractivity contribution in [2.24, 2.45) is 14.1 Å². The van der Waals surface area contributed by atoms with Crippen LogP contribution in [0, 0.1) is 0 Å². The maximum absolute atomic E-state index is 14.2. The molecular weight excluding hydrogens is 1260 g/mol. The van der Waals surface area contributed by atoms with Crippen LogP contribution in [0.15, 0.2) is 141 Å². The van der Waals surface area contributed by atoms with Gasteiger partial charge in [-0.15, -0.1) is 0 Å². The van der Waals surface area contributed by atoms with Gasteiger partial charge < -0.3 is 41.0 Å². The van der Waals surface area contributed by atoms with Crippen LogP contribution in [0.1, 0.15) is 52.8 Å². The summed E-state index contributed by atoms with van der Waals surface area (Å²) in [5.74, 6) is -4.82. The number of urea groups is 1. The van der Waals surface area contributed by atoms with E-state index in [0.717, 1.165) is 106 Å². The first-order valence-corrected chi connectivity index (χ1v) is 28.7. The van der Waals surface area contributed by atoms with E-state index in [0.29, 0.717) is 24.3 Å². The molecule has 0 fully saturated rings. The van der Waals surface area contributed by atoms with E-state index >= 15 is 0 Å². The van der Waals surface area contributed by atoms with Crippen LogP contribution in [0.4, 0.5) is 65.3 Å². The maximum atomic E-state index is 14.2. The third-order valence-corrected chi connectivity index (χ3v) is 15.8. The van der Waals surface area contributed by atoms with Gasteiger partial charge in [-0.3, -0.25) is 37.4 Å². The topological polar surface area (TPSA) is 385 Å². The zero-order chi connectivity index (χ0) is 62.0. The molecule has 37 heteroatoms. The van der Waals surface area contributed by atoms with Crippen LogP contribution in [-0.2, 0) is 66.9 Å². The van der Waals surface area contributed by atoms with Crippen LogP contribution in [0.5, 0.6) is 0 Å². The van der Waals surface area contributed by atoms with Gasteiger partial charge in [0.1, 0.15) is 31.0 Å². The van der Waals surface area contributed by atoms with Crippen molar-refractivity contribution >= 4 is 185 Å². The molecule has 0 aliphatic carbocycles. The predicted molar refractivity (Wildman–Crippen MR) is 300 cm³/mol. The van der Waals surface area contributed by atoms with Crippen molar-refractivity contribution in [3.8, 4) is 0 Å². The quantitative estimate of drug-likeness (QED) is 0.0296. The summed E-state index contributed by atoms with van der Waals surface area (Å²) >= 11 is 0. The number of halogens is 6. The Balaban J connectivity index is 0.00000591. The molecule has 86 heavy (non-hydrogen) atoms. The molecule has 25 nitrogen and oxygen atoms in total. The molecule has 0 bridgehead atoms. The fourth-order valence-electron chi connectivity index (χ4n) is 8.58. The molecule has 6 aromatic carbocycles. The summed E-state index contributed by atoms with van der Waals surface area (Å²) in [7, 11) is -17.8. The number of aromatic nitrogens is 2. The molecule has 0 aliphatic heterocycles. The van der Waals surface area contributed by atoms with E-state index in [1.165, 1.54) is 14.1 Å². The number of nitrogens with one attached hydrogen (secondary N) is 6. The number of nitrogens with zero attached hydrogens (tertiary/aromatic N) is 2. The third-order valence-electron chi connectivity index (χ3n) is 12.1. The number of hydrogen-bond donors (Lipinski definition) is 10. The van der Waals surface area contributed by atoms with Crippen LogP contribution < -0.4 is 31.9 Å². The molecule has 0 atom stereocenters. The van der Waals surface area contributed by atoms with Gasteiger partial charge in [0.2, 0.25) is 0 Å². The van der Waals surface area contributed by atoms with Gasteiger partial charge in [-0.1, -0.05) is 36.4 Å². The van der Waals surface area contributed by atoms with Gasteiger partial charge in [0, 0.05) is 70.5 Å². The van der Waals surface area contributed by atoms with E-state index in [1.54, 1.807) is 0 Å². The number of benzene rings is 6. The molecule has 0 aliphatic rings. The van der Waals surface area contributed by atoms with Crippen LogP contribution in [-0.4, -0.2) is 150 Å². The Morgan fingerprint density at radius 2 is 0.756 bits per heavy atom. The second-order valence-corrected chi connectivity index (χ2v) is 23.4. The summed E-state index contributed by atoms with van der Waals surface area (Å²) in [6.45, 7) is 0. The molecule has 10 N–H and O–H groups in total. The molecule has 0 unspecified atom stereocenters. The van der Waals surface area contributed by atoms with Crippen molar-refractivity contribution < 1.29 is 102 Å². The summed E-state index contributed by atoms with van der Waals surface area (Å²) in [5, 5.41) is 11.3. The Labute approximate surface area is 525 Å². The Bertz CT molecular complexity index is 4350. The molecule has 0 radical (unpaired) electrons. The molecule has 2 heterocycles. The van der Waals surface area contributed by atoms with E-state index < -0.39 is 158 Å². The normalized spacial score (nSPS) is 12.1. The molecule has 0 saturated heterocycles. The van der Waals surface area contributed by atoms with Gasteiger partial charge in [0.15, 0.2) is 0 Å². The van der Waals surface area contributed by atoms with Gasteiger partial charge in [-0.25, -0.2) is 4.79 Å². The van der Waals surface area contributed by atoms with E-state index in [2.05, 4.69) is 21.3 Å². The summed E-state index contributed by atoms with van der Waals surface area (Å²) in [6.07, 6.45) is -8.22. The Kier molecular flexibility index (Phi) is 19.6. The number of aryl methyl sites for hydroxylation is 2. The molecule has 444 valence electrons. The van der Waals surface area contributed by atoms with Gasteiger partial charge in [0.25, 0.3) is 64.1 Å². The molecule has 6 amide bonds. The second-order valence-electron chi connectivity index (χ2n) is 17.9. The number of hydrogen-bond acceptors (Lipinski definition) is 13. The summed E-state index contributed by atoms with van der Waals surface area (Å²) in [5.41, 5.74) is -8.55. The third kappa shape index (κ3) is 15.1. The number of anilines is 6. The van der Waals surface area contributed by atoms with Crippen LogP contribution in [0.3, 0.4) is 0 Å². The van der Waals surface area contributed by atoms with E-state index in [9.17, 15) is 102 Å². The molecule has 8 aromatic rings. The van der Waals surface area contributed by atoms with E-state index in [-0.39, 0.29) is 92.6 Å². The molecule has 2 aromatic heterocycles. The first-order valence-electron chi connectivity index (χ1n) is 22.9. The second kappa shape index (κ2) is 24.9. The average molecular weight is 1300 g/mol. The Hall–Kier alpha value is -7.23. The molecule has 8 rings (SSSR count). The summed E-state index contributed by atoms with van der Waals surface area (Å²) in [6, 6.07) is 13.3. The van der Waals surface area contributed by atoms with Gasteiger partial charge in [-0.2, -0.15) is 60.0 Å². The first kappa shape index (κ1) is 67.9. The van der Waals surface area contributed by atoms with Crippen LogP contribution in [0.2, 0.25) is 0 Å². The van der Waals surface area contributed by atoms with Gasteiger partial charge in [-0.05, 0) is 72.8 Å². The zero-order valence-electron chi connectivity index (χ0n) is 41.9. The van der Waals surface area contributed by atoms with Gasteiger partial charge in [0.05, 0.1) is 33.9 Å². The zero-order valence-corrected chi connectivity index (χ0v) is 45.2. The van der Waals surface area contributed by atoms with Crippen molar-refractivity contribution in [1.29, 1.82) is 0 Å². The SMILES string of the molecule is Cn1cc(NC(=O)c2cc(NC(=O)Nc3cc(C(=O)Nc4cc(C(=O)Nc5ccc6c(S(=O)(=O)O)cccc6c5S(=O)(=O)O)n(C)c4)cc(C(F)(F)F)c3)cc(C(F)(F)F)c2)cc1C(=O)Nc1ccc2c(S(=O)(=O)O)cccc2c1S(=O)(=O)O.[NaH].[NaH]. The summed E-state index contributed by atoms with van der Waals surface area (Å²) < 4.78 is 225. The Morgan fingerprint density at radius 3 is 1.07 bits per heavy atom. The minimum atomic E-state index is -5.24. The number of rotatable bonds is 14. The number of amides is 6. The average Bonchev–Trinajstić information content (AvgIpc) is 0.981. The molecular formula is C49H38F6N8Na2O17S4. The van der Waals surface area contributed by atoms with Crippen molar-refractivity contribution in [2.75, 3.05) is 31.9 Å². The standard InChI is InChI=1S/C49H36F6N8O17S4.2Na.2H/c1-62-21-29(19-37(62)45(66)60-35-11-9-31-33(41(35)83(75,76)77)5-3-7-39(31)81(69,70)71)56-43(64)23-13-25(48(50,51)52)17-27(15-23)58-47(68)59-28-16-24(14-26(18-28)49(53,54)55)44(65)57-30-20-38(63(2)22-30)46(67)61-36-12-10-32-34(42(36)84(78,79)80)6-4-8-40(32)82(72,73)74;;;;/h3-22H,1-2H3,(H,56,64)(H,57,65)(H,60,66)(H,61,67)(H2,58,59,68)(H,69,70,71)(H,72,73,74)(H,75,76,77)(H,78,79,80);;;;. The van der Waals surface area contributed by atoms with Crippen molar-refractivity contribution in [2.45, 2.75) is 31.9 Å². The fraction of sp³-hybridized carbons (Fsp3) is 0.0816. The van der Waals surface area contributed by atoms with Crippen molar-refractivity contribution in [1.82, 2.24) is 9.13 Å². The van der Waals surface area contributed by atoms with E-state index in [4.69, 9.17) is 0 Å². The molecule has 0 saturated carbocycles. The summed E-state index contributed by atoms with van der Waals surface area (Å²) in [4.78, 5) is 63.8. The molecule has 0 spiro atoms. The number of carbonyl (C=O) groups is 5. The fourth-order valence-corrected chi connectivity index (χ4v) is 11.7. The predicted octanol–water partition coefficient (Wildman–Crippen LogP) is 7.05. The monoisotopic (exact) mass is 1300 g/mol. The van der Waals surface area contributed by atoms with Crippen molar-refractivity contribution in [3.63, 3.8) is 0 Å². The van der Waals surface area contributed by atoms with Crippen LogP contribution >= 0.6 is 0 Å².